The zero-order valence-corrected chi connectivity index (χ0v) is 13.0. The second kappa shape index (κ2) is 7.11. The maximum Gasteiger partial charge on any atom is 0.411 e. The van der Waals surface area contributed by atoms with E-state index in [-0.39, 0.29) is 6.61 Å². The molecule has 0 N–H and O–H groups in total. The standard InChI is InChI=1S/C17H21NO4/c1-3-10-17(15(19)21-2)11-7-12-18(17)16(20)22-13-14-8-5-4-6-9-14/h3-6,8-10H,7,11-13H2,1-2H3/b10-3+. The molecule has 0 aliphatic carbocycles. The normalized spacial score (nSPS) is 21.1. The van der Waals surface area contributed by atoms with Crippen molar-refractivity contribution in [2.24, 2.45) is 0 Å². The van der Waals surface area contributed by atoms with Crippen LogP contribution in [0.25, 0.3) is 0 Å². The van der Waals surface area contributed by atoms with Gasteiger partial charge in [-0.1, -0.05) is 42.5 Å². The van der Waals surface area contributed by atoms with Crippen LogP contribution in [0.3, 0.4) is 0 Å². The number of carbonyl (C=O) groups is 2. The van der Waals surface area contributed by atoms with Gasteiger partial charge in [0.15, 0.2) is 5.54 Å². The molecule has 1 aliphatic rings. The van der Waals surface area contributed by atoms with Crippen molar-refractivity contribution in [3.8, 4) is 0 Å². The maximum atomic E-state index is 12.4. The fourth-order valence-electron chi connectivity index (χ4n) is 2.80. The molecule has 1 atom stereocenters. The third-order valence-electron chi connectivity index (χ3n) is 3.83. The number of benzene rings is 1. The van der Waals surface area contributed by atoms with Crippen LogP contribution >= 0.6 is 0 Å². The number of amides is 1. The number of nitrogens with zero attached hydrogens (tertiary/aromatic N) is 1. The van der Waals surface area contributed by atoms with E-state index in [1.807, 2.05) is 37.3 Å². The molecule has 2 rings (SSSR count). The SMILES string of the molecule is C/C=C/C1(C(=O)OC)CCCN1C(=O)OCc1ccccc1. The first kappa shape index (κ1) is 16.1. The van der Waals surface area contributed by atoms with E-state index in [1.54, 1.807) is 12.2 Å². The van der Waals surface area contributed by atoms with E-state index in [9.17, 15) is 9.59 Å². The van der Waals surface area contributed by atoms with Gasteiger partial charge >= 0.3 is 12.1 Å². The summed E-state index contributed by atoms with van der Waals surface area (Å²) < 4.78 is 10.2. The van der Waals surface area contributed by atoms with Gasteiger partial charge in [-0.15, -0.1) is 0 Å². The summed E-state index contributed by atoms with van der Waals surface area (Å²) in [4.78, 5) is 26.0. The molecule has 1 amide bonds. The lowest BCUT2D eigenvalue weighted by Crippen LogP contribution is -2.52. The fourth-order valence-corrected chi connectivity index (χ4v) is 2.80. The molecule has 1 aromatic rings. The van der Waals surface area contributed by atoms with Crippen LogP contribution in [0.5, 0.6) is 0 Å². The summed E-state index contributed by atoms with van der Waals surface area (Å²) in [6.07, 6.45) is 4.27. The van der Waals surface area contributed by atoms with Gasteiger partial charge in [-0.25, -0.2) is 9.59 Å². The quantitative estimate of drug-likeness (QED) is 0.634. The molecule has 0 radical (unpaired) electrons. The Morgan fingerprint density at radius 3 is 2.68 bits per heavy atom. The molecule has 0 bridgehead atoms. The number of hydrogen-bond donors (Lipinski definition) is 0. The van der Waals surface area contributed by atoms with Gasteiger partial charge < -0.3 is 9.47 Å². The molecule has 0 aromatic heterocycles. The van der Waals surface area contributed by atoms with Crippen LogP contribution in [0.15, 0.2) is 42.5 Å². The van der Waals surface area contributed by atoms with Crippen molar-refractivity contribution in [3.05, 3.63) is 48.0 Å². The molecule has 0 saturated carbocycles. The fraction of sp³-hybridized carbons (Fsp3) is 0.412. The van der Waals surface area contributed by atoms with Gasteiger partial charge in [-0.05, 0) is 25.3 Å². The largest absolute Gasteiger partial charge is 0.467 e. The summed E-state index contributed by atoms with van der Waals surface area (Å²) in [5.74, 6) is -0.431. The van der Waals surface area contributed by atoms with Crippen LogP contribution in [-0.4, -0.2) is 36.2 Å². The Labute approximate surface area is 130 Å². The van der Waals surface area contributed by atoms with Crippen LogP contribution in [0.1, 0.15) is 25.3 Å². The molecule has 1 aromatic carbocycles. The Bertz CT molecular complexity index is 555. The Balaban J connectivity index is 2.11. The number of carbonyl (C=O) groups excluding carboxylic acids is 2. The monoisotopic (exact) mass is 303 g/mol. The molecule has 1 heterocycles. The van der Waals surface area contributed by atoms with Crippen LogP contribution < -0.4 is 0 Å². The molecule has 0 spiro atoms. The Hall–Kier alpha value is -2.30. The van der Waals surface area contributed by atoms with E-state index < -0.39 is 17.6 Å². The lowest BCUT2D eigenvalue weighted by molar-refractivity contribution is -0.149. The Morgan fingerprint density at radius 1 is 1.32 bits per heavy atom. The predicted octanol–water partition coefficient (Wildman–Crippen LogP) is 2.91. The molecule has 5 nitrogen and oxygen atoms in total. The molecule has 1 saturated heterocycles. The number of likely N-dealkylation sites (tertiary alicyclic amines) is 1. The van der Waals surface area contributed by atoms with E-state index in [0.29, 0.717) is 13.0 Å². The first-order valence-corrected chi connectivity index (χ1v) is 7.34. The zero-order valence-electron chi connectivity index (χ0n) is 13.0. The van der Waals surface area contributed by atoms with E-state index in [2.05, 4.69) is 0 Å². The highest BCUT2D eigenvalue weighted by Gasteiger charge is 2.49. The van der Waals surface area contributed by atoms with E-state index >= 15 is 0 Å². The minimum atomic E-state index is -1.04. The predicted molar refractivity (Wildman–Crippen MR) is 82.1 cm³/mol. The topological polar surface area (TPSA) is 55.8 Å². The second-order valence-corrected chi connectivity index (χ2v) is 5.21. The summed E-state index contributed by atoms with van der Waals surface area (Å²) >= 11 is 0. The zero-order chi connectivity index (χ0) is 16.0. The van der Waals surface area contributed by atoms with Gasteiger partial charge in [0.05, 0.1) is 7.11 Å². The van der Waals surface area contributed by atoms with Crippen molar-refractivity contribution in [2.75, 3.05) is 13.7 Å². The van der Waals surface area contributed by atoms with Gasteiger partial charge in [0, 0.05) is 6.54 Å². The third kappa shape index (κ3) is 3.13. The number of methoxy groups -OCH3 is 1. The van der Waals surface area contributed by atoms with Crippen molar-refractivity contribution in [1.82, 2.24) is 4.90 Å². The first-order chi connectivity index (χ1) is 10.6. The average molecular weight is 303 g/mol. The number of rotatable bonds is 4. The minimum Gasteiger partial charge on any atom is -0.467 e. The summed E-state index contributed by atoms with van der Waals surface area (Å²) in [6.45, 7) is 2.48. The molecule has 1 aliphatic heterocycles. The van der Waals surface area contributed by atoms with Crippen molar-refractivity contribution in [1.29, 1.82) is 0 Å². The number of allylic oxidation sites excluding steroid dienone is 1. The van der Waals surface area contributed by atoms with Crippen LogP contribution in [0.4, 0.5) is 4.79 Å². The highest BCUT2D eigenvalue weighted by molar-refractivity contribution is 5.88. The van der Waals surface area contributed by atoms with Crippen LogP contribution in [0, 0.1) is 0 Å². The first-order valence-electron chi connectivity index (χ1n) is 7.34. The van der Waals surface area contributed by atoms with Gasteiger partial charge in [0.2, 0.25) is 0 Å². The van der Waals surface area contributed by atoms with Crippen LogP contribution in [0.2, 0.25) is 0 Å². The van der Waals surface area contributed by atoms with Crippen molar-refractivity contribution in [2.45, 2.75) is 31.9 Å². The Kier molecular flexibility index (Phi) is 5.20. The minimum absolute atomic E-state index is 0.184. The molecular weight excluding hydrogens is 282 g/mol. The van der Waals surface area contributed by atoms with Gasteiger partial charge in [-0.3, -0.25) is 4.90 Å². The molecular formula is C17H21NO4. The van der Waals surface area contributed by atoms with Crippen LogP contribution in [-0.2, 0) is 20.9 Å². The molecule has 1 fully saturated rings. The summed E-state index contributed by atoms with van der Waals surface area (Å²) in [5, 5.41) is 0. The number of hydrogen-bond acceptors (Lipinski definition) is 4. The van der Waals surface area contributed by atoms with E-state index in [4.69, 9.17) is 9.47 Å². The molecule has 5 heteroatoms. The second-order valence-electron chi connectivity index (χ2n) is 5.21. The number of esters is 1. The molecule has 118 valence electrons. The van der Waals surface area contributed by atoms with Crippen molar-refractivity contribution in [3.63, 3.8) is 0 Å². The lowest BCUT2D eigenvalue weighted by Gasteiger charge is -2.32. The molecule has 1 unspecified atom stereocenters. The maximum absolute atomic E-state index is 12.4. The van der Waals surface area contributed by atoms with Gasteiger partial charge in [-0.2, -0.15) is 0 Å². The summed E-state index contributed by atoms with van der Waals surface area (Å²) in [6, 6.07) is 9.45. The van der Waals surface area contributed by atoms with Crippen molar-refractivity contribution >= 4 is 12.1 Å². The van der Waals surface area contributed by atoms with Gasteiger partial charge in [0.25, 0.3) is 0 Å². The average Bonchev–Trinajstić information content (AvgIpc) is 2.98. The number of ether oxygens (including phenoxy) is 2. The smallest absolute Gasteiger partial charge is 0.411 e. The van der Waals surface area contributed by atoms with E-state index in [0.717, 1.165) is 12.0 Å². The molecule has 22 heavy (non-hydrogen) atoms. The highest BCUT2D eigenvalue weighted by Crippen LogP contribution is 2.33. The highest BCUT2D eigenvalue weighted by atomic mass is 16.6. The Morgan fingerprint density at radius 2 is 2.05 bits per heavy atom. The summed E-state index contributed by atoms with van der Waals surface area (Å²) in [7, 11) is 1.33. The van der Waals surface area contributed by atoms with Crippen molar-refractivity contribution < 1.29 is 19.1 Å². The van der Waals surface area contributed by atoms with Gasteiger partial charge in [0.1, 0.15) is 6.61 Å². The lowest BCUT2D eigenvalue weighted by atomic mass is 9.96. The van der Waals surface area contributed by atoms with E-state index in [1.165, 1.54) is 12.0 Å². The third-order valence-corrected chi connectivity index (χ3v) is 3.83. The summed E-state index contributed by atoms with van der Waals surface area (Å²) in [5.41, 5.74) is -0.137.